The Morgan fingerprint density at radius 3 is 2.73 bits per heavy atom. The Labute approximate surface area is 199 Å². The number of allylic oxidation sites excluding steroid dienone is 1. The van der Waals surface area contributed by atoms with E-state index in [-0.39, 0.29) is 24.3 Å². The first-order valence-electron chi connectivity index (χ1n) is 11.6. The first-order valence-corrected chi connectivity index (χ1v) is 12.5. The second kappa shape index (κ2) is 11.5. The molecule has 0 aliphatic carbocycles. The van der Waals surface area contributed by atoms with Gasteiger partial charge in [-0.15, -0.1) is 11.3 Å². The van der Waals surface area contributed by atoms with Crippen LogP contribution in [0.1, 0.15) is 36.8 Å². The Kier molecular flexibility index (Phi) is 8.15. The fourth-order valence-corrected chi connectivity index (χ4v) is 5.44. The van der Waals surface area contributed by atoms with Crippen molar-refractivity contribution in [2.45, 2.75) is 38.4 Å². The smallest absolute Gasteiger partial charge is 0.286 e. The molecule has 2 heterocycles. The van der Waals surface area contributed by atoms with Gasteiger partial charge in [0.25, 0.3) is 5.91 Å². The lowest BCUT2D eigenvalue weighted by Crippen LogP contribution is -2.39. The predicted molar refractivity (Wildman–Crippen MR) is 132 cm³/mol. The molecule has 1 aromatic heterocycles. The van der Waals surface area contributed by atoms with E-state index in [1.165, 1.54) is 21.2 Å². The number of thiophene rings is 1. The van der Waals surface area contributed by atoms with Crippen molar-refractivity contribution in [1.82, 2.24) is 5.32 Å². The number of rotatable bonds is 10. The largest absolute Gasteiger partial charge is 0.459 e. The number of nitrogens with one attached hydrogen (secondary N) is 1. The van der Waals surface area contributed by atoms with Gasteiger partial charge in [-0.1, -0.05) is 48.5 Å². The molecule has 0 radical (unpaired) electrons. The van der Waals surface area contributed by atoms with Crippen LogP contribution < -0.4 is 5.32 Å². The lowest BCUT2D eigenvalue weighted by atomic mass is 9.80. The minimum atomic E-state index is -0.537. The van der Waals surface area contributed by atoms with Gasteiger partial charge in [0.1, 0.15) is 0 Å². The molecule has 2 N–H and O–H groups in total. The minimum absolute atomic E-state index is 0.0102. The lowest BCUT2D eigenvalue weighted by molar-refractivity contribution is -0.166. The minimum Gasteiger partial charge on any atom is -0.459 e. The van der Waals surface area contributed by atoms with E-state index in [2.05, 4.69) is 35.0 Å². The normalized spacial score (nSPS) is 20.3. The molecule has 6 heteroatoms. The summed E-state index contributed by atoms with van der Waals surface area (Å²) < 4.78 is 13.3. The molecule has 1 aliphatic heterocycles. The monoisotopic (exact) mass is 465 g/mol. The quantitative estimate of drug-likeness (QED) is 0.442. The Bertz CT molecular complexity index is 1080. The lowest BCUT2D eigenvalue weighted by Gasteiger charge is -2.36. The third-order valence-corrected chi connectivity index (χ3v) is 7.03. The van der Waals surface area contributed by atoms with E-state index in [0.29, 0.717) is 25.3 Å². The molecule has 3 aromatic rings. The molecular weight excluding hydrogens is 434 g/mol. The Morgan fingerprint density at radius 1 is 1.15 bits per heavy atom. The molecule has 2 aromatic carbocycles. The fraction of sp³-hybridized carbons (Fsp3) is 0.370. The standard InChI is InChI=1S/C27H31NO4S/c1-2-31-27-21(12-8-16-29)22(23-18-33-25-13-7-6-11-20(23)25)17-24(32-27)26(30)28-15-14-19-9-4-3-5-10-19/h3-7,9-11,13,17-18,21-22,27,29H,2,8,12,14-16H2,1H3,(H,28,30)/t21-,22-,27+/m1/s1. The number of hydrogen-bond donors (Lipinski definition) is 2. The first-order chi connectivity index (χ1) is 16.2. The average Bonchev–Trinajstić information content (AvgIpc) is 3.27. The number of aliphatic hydroxyl groups excluding tert-OH is 1. The number of aliphatic hydroxyl groups is 1. The van der Waals surface area contributed by atoms with Crippen LogP contribution in [0, 0.1) is 5.92 Å². The summed E-state index contributed by atoms with van der Waals surface area (Å²) >= 11 is 1.71. The summed E-state index contributed by atoms with van der Waals surface area (Å²) in [6.07, 6.45) is 3.57. The van der Waals surface area contributed by atoms with Crippen LogP contribution in [0.5, 0.6) is 0 Å². The number of hydrogen-bond acceptors (Lipinski definition) is 5. The van der Waals surface area contributed by atoms with E-state index in [1.54, 1.807) is 11.3 Å². The molecule has 33 heavy (non-hydrogen) atoms. The van der Waals surface area contributed by atoms with Gasteiger partial charge in [0.15, 0.2) is 5.76 Å². The van der Waals surface area contributed by atoms with Crippen molar-refractivity contribution in [3.05, 3.63) is 82.9 Å². The van der Waals surface area contributed by atoms with Crippen LogP contribution in [0.25, 0.3) is 10.1 Å². The zero-order chi connectivity index (χ0) is 23.0. The molecule has 1 amide bonds. The molecule has 5 nitrogen and oxygen atoms in total. The number of ether oxygens (including phenoxy) is 2. The maximum atomic E-state index is 13.0. The molecule has 0 saturated heterocycles. The topological polar surface area (TPSA) is 67.8 Å². The zero-order valence-electron chi connectivity index (χ0n) is 18.9. The Balaban J connectivity index is 1.59. The van der Waals surface area contributed by atoms with Crippen LogP contribution in [0.3, 0.4) is 0 Å². The van der Waals surface area contributed by atoms with Crippen LogP contribution in [0.2, 0.25) is 0 Å². The first kappa shape index (κ1) is 23.5. The van der Waals surface area contributed by atoms with Crippen LogP contribution in [0.4, 0.5) is 0 Å². The van der Waals surface area contributed by atoms with Gasteiger partial charge >= 0.3 is 0 Å². The van der Waals surface area contributed by atoms with Crippen LogP contribution in [0.15, 0.2) is 71.8 Å². The van der Waals surface area contributed by atoms with E-state index in [4.69, 9.17) is 9.47 Å². The molecule has 174 valence electrons. The maximum absolute atomic E-state index is 13.0. The van der Waals surface area contributed by atoms with Gasteiger partial charge in [-0.05, 0) is 60.2 Å². The highest BCUT2D eigenvalue weighted by atomic mass is 32.1. The van der Waals surface area contributed by atoms with Gasteiger partial charge in [0, 0.05) is 36.3 Å². The molecule has 4 rings (SSSR count). The predicted octanol–water partition coefficient (Wildman–Crippen LogP) is 5.01. The highest BCUT2D eigenvalue weighted by molar-refractivity contribution is 7.17. The molecule has 3 atom stereocenters. The molecule has 0 fully saturated rings. The Hall–Kier alpha value is -2.67. The molecule has 0 bridgehead atoms. The van der Waals surface area contributed by atoms with Crippen molar-refractivity contribution in [2.75, 3.05) is 19.8 Å². The van der Waals surface area contributed by atoms with Gasteiger partial charge in [0.05, 0.1) is 0 Å². The third-order valence-electron chi connectivity index (χ3n) is 6.05. The summed E-state index contributed by atoms with van der Waals surface area (Å²) in [6.45, 7) is 3.06. The number of carbonyl (C=O) groups excluding carboxylic acids is 1. The van der Waals surface area contributed by atoms with E-state index in [9.17, 15) is 9.90 Å². The van der Waals surface area contributed by atoms with Crippen molar-refractivity contribution in [3.63, 3.8) is 0 Å². The van der Waals surface area contributed by atoms with Crippen LogP contribution in [-0.2, 0) is 20.7 Å². The van der Waals surface area contributed by atoms with Gasteiger partial charge in [-0.25, -0.2) is 0 Å². The summed E-state index contributed by atoms with van der Waals surface area (Å²) in [5.41, 5.74) is 2.36. The molecule has 0 saturated carbocycles. The van der Waals surface area contributed by atoms with Gasteiger partial charge in [0.2, 0.25) is 6.29 Å². The maximum Gasteiger partial charge on any atom is 0.286 e. The molecule has 1 aliphatic rings. The van der Waals surface area contributed by atoms with E-state index in [1.807, 2.05) is 43.3 Å². The number of benzene rings is 2. The summed E-state index contributed by atoms with van der Waals surface area (Å²) in [4.78, 5) is 13.0. The third kappa shape index (κ3) is 5.64. The summed E-state index contributed by atoms with van der Waals surface area (Å²) in [5, 5.41) is 15.8. The van der Waals surface area contributed by atoms with Crippen molar-refractivity contribution in [1.29, 1.82) is 0 Å². The van der Waals surface area contributed by atoms with Crippen molar-refractivity contribution in [2.24, 2.45) is 5.92 Å². The number of fused-ring (bicyclic) bond motifs is 1. The second-order valence-electron chi connectivity index (χ2n) is 8.21. The number of amides is 1. The van der Waals surface area contributed by atoms with Gasteiger partial charge < -0.3 is 19.9 Å². The fourth-order valence-electron chi connectivity index (χ4n) is 4.43. The summed E-state index contributed by atoms with van der Waals surface area (Å²) in [5.74, 6) is 0.0617. The summed E-state index contributed by atoms with van der Waals surface area (Å²) in [7, 11) is 0. The highest BCUT2D eigenvalue weighted by Gasteiger charge is 2.38. The van der Waals surface area contributed by atoms with Crippen molar-refractivity contribution in [3.8, 4) is 0 Å². The van der Waals surface area contributed by atoms with Crippen molar-refractivity contribution >= 4 is 27.3 Å². The van der Waals surface area contributed by atoms with E-state index < -0.39 is 6.29 Å². The van der Waals surface area contributed by atoms with Crippen molar-refractivity contribution < 1.29 is 19.4 Å². The van der Waals surface area contributed by atoms with Gasteiger partial charge in [-0.3, -0.25) is 4.79 Å². The van der Waals surface area contributed by atoms with Gasteiger partial charge in [-0.2, -0.15) is 0 Å². The Morgan fingerprint density at radius 2 is 1.94 bits per heavy atom. The molecule has 0 spiro atoms. The molecule has 0 unspecified atom stereocenters. The number of carbonyl (C=O) groups is 1. The SMILES string of the molecule is CCO[C@H]1OC(C(=O)NCCc2ccccc2)=C[C@@H](c2csc3ccccc23)[C@H]1CCCO. The van der Waals surface area contributed by atoms with Crippen LogP contribution >= 0.6 is 11.3 Å². The second-order valence-corrected chi connectivity index (χ2v) is 9.12. The van der Waals surface area contributed by atoms with Crippen LogP contribution in [-0.4, -0.2) is 37.1 Å². The average molecular weight is 466 g/mol. The molecular formula is C27H31NO4S. The highest BCUT2D eigenvalue weighted by Crippen LogP contribution is 2.43. The van der Waals surface area contributed by atoms with E-state index in [0.717, 1.165) is 12.8 Å². The zero-order valence-corrected chi connectivity index (χ0v) is 19.7. The summed E-state index contributed by atoms with van der Waals surface area (Å²) in [6, 6.07) is 18.4. The van der Waals surface area contributed by atoms with E-state index >= 15 is 0 Å².